The van der Waals surface area contributed by atoms with Gasteiger partial charge in [0.05, 0.1) is 23.4 Å². The molecule has 1 unspecified atom stereocenters. The van der Waals surface area contributed by atoms with Crippen LogP contribution in [0.4, 0.5) is 0 Å². The first-order valence-electron chi connectivity index (χ1n) is 7.12. The molecule has 1 N–H and O–H groups in total. The highest BCUT2D eigenvalue weighted by molar-refractivity contribution is 7.11. The van der Waals surface area contributed by atoms with Gasteiger partial charge >= 0.3 is 0 Å². The second-order valence-corrected chi connectivity index (χ2v) is 6.09. The smallest absolute Gasteiger partial charge is 0.0958 e. The summed E-state index contributed by atoms with van der Waals surface area (Å²) < 4.78 is 10.9. The van der Waals surface area contributed by atoms with Crippen molar-refractivity contribution >= 4 is 11.3 Å². The van der Waals surface area contributed by atoms with Crippen molar-refractivity contribution in [3.8, 4) is 0 Å². The van der Waals surface area contributed by atoms with Gasteiger partial charge in [-0.25, -0.2) is 4.98 Å². The molecule has 0 aromatic carbocycles. The maximum absolute atomic E-state index is 5.68. The lowest BCUT2D eigenvalue weighted by Gasteiger charge is -2.05. The molecule has 5 heteroatoms. The van der Waals surface area contributed by atoms with Gasteiger partial charge in [0, 0.05) is 31.6 Å². The quantitative estimate of drug-likeness (QED) is 0.745. The van der Waals surface area contributed by atoms with Gasteiger partial charge in [0.1, 0.15) is 0 Å². The zero-order valence-corrected chi connectivity index (χ0v) is 12.7. The van der Waals surface area contributed by atoms with Crippen molar-refractivity contribution in [2.45, 2.75) is 51.9 Å². The Morgan fingerprint density at radius 1 is 1.53 bits per heavy atom. The minimum atomic E-state index is 0.373. The highest BCUT2D eigenvalue weighted by Crippen LogP contribution is 2.24. The molecule has 1 aromatic rings. The van der Waals surface area contributed by atoms with Gasteiger partial charge in [-0.15, -0.1) is 11.3 Å². The Bertz CT molecular complexity index is 376. The molecule has 1 fully saturated rings. The summed E-state index contributed by atoms with van der Waals surface area (Å²) in [7, 11) is 1.72. The van der Waals surface area contributed by atoms with Crippen LogP contribution < -0.4 is 5.32 Å². The fourth-order valence-electron chi connectivity index (χ4n) is 2.29. The van der Waals surface area contributed by atoms with E-state index in [-0.39, 0.29) is 0 Å². The molecule has 2 rings (SSSR count). The van der Waals surface area contributed by atoms with E-state index in [0.717, 1.165) is 38.2 Å². The van der Waals surface area contributed by atoms with E-state index in [1.165, 1.54) is 22.7 Å². The van der Waals surface area contributed by atoms with Gasteiger partial charge in [-0.05, 0) is 25.8 Å². The fraction of sp³-hybridized carbons (Fsp3) is 0.786. The Morgan fingerprint density at radius 3 is 3.11 bits per heavy atom. The van der Waals surface area contributed by atoms with Crippen LogP contribution in [0.15, 0.2) is 0 Å². The Labute approximate surface area is 119 Å². The Balaban J connectivity index is 1.96. The topological polar surface area (TPSA) is 43.4 Å². The van der Waals surface area contributed by atoms with Crippen molar-refractivity contribution in [2.75, 3.05) is 20.3 Å². The Morgan fingerprint density at radius 2 is 2.42 bits per heavy atom. The molecule has 1 aliphatic rings. The number of aromatic nitrogens is 1. The molecule has 1 saturated heterocycles. The summed E-state index contributed by atoms with van der Waals surface area (Å²) in [6.07, 6.45) is 4.84. The molecule has 0 bridgehead atoms. The normalized spacial score (nSPS) is 19.2. The molecule has 108 valence electrons. The lowest BCUT2D eigenvalue weighted by Crippen LogP contribution is -2.14. The summed E-state index contributed by atoms with van der Waals surface area (Å²) >= 11 is 1.80. The van der Waals surface area contributed by atoms with E-state index in [1.54, 1.807) is 18.4 Å². The molecule has 0 spiro atoms. The van der Waals surface area contributed by atoms with Crippen LogP contribution in [0.2, 0.25) is 0 Å². The van der Waals surface area contributed by atoms with Gasteiger partial charge < -0.3 is 14.8 Å². The summed E-state index contributed by atoms with van der Waals surface area (Å²) in [5, 5.41) is 4.63. The van der Waals surface area contributed by atoms with Crippen molar-refractivity contribution in [1.82, 2.24) is 10.3 Å². The molecule has 4 nitrogen and oxygen atoms in total. The molecule has 1 aliphatic heterocycles. The fourth-order valence-corrected chi connectivity index (χ4v) is 3.40. The molecule has 0 radical (unpaired) electrons. The number of ether oxygens (including phenoxy) is 2. The number of nitrogens with one attached hydrogen (secondary N) is 1. The molecule has 1 aromatic heterocycles. The van der Waals surface area contributed by atoms with Crippen molar-refractivity contribution < 1.29 is 9.47 Å². The lowest BCUT2D eigenvalue weighted by molar-refractivity contribution is 0.111. The second-order valence-electron chi connectivity index (χ2n) is 4.93. The molecule has 0 aliphatic carbocycles. The predicted octanol–water partition coefficient (Wildman–Crippen LogP) is 2.51. The molecule has 19 heavy (non-hydrogen) atoms. The van der Waals surface area contributed by atoms with E-state index >= 15 is 0 Å². The van der Waals surface area contributed by atoms with Crippen molar-refractivity contribution in [1.29, 1.82) is 0 Å². The predicted molar refractivity (Wildman–Crippen MR) is 77.5 cm³/mol. The summed E-state index contributed by atoms with van der Waals surface area (Å²) in [5.74, 6) is 0. The van der Waals surface area contributed by atoms with E-state index in [9.17, 15) is 0 Å². The number of rotatable bonds is 8. The largest absolute Gasteiger partial charge is 0.378 e. The maximum Gasteiger partial charge on any atom is 0.0958 e. The van der Waals surface area contributed by atoms with Crippen molar-refractivity contribution in [2.24, 2.45) is 0 Å². The van der Waals surface area contributed by atoms with Crippen LogP contribution in [0.5, 0.6) is 0 Å². The van der Waals surface area contributed by atoms with E-state index in [4.69, 9.17) is 14.5 Å². The third-order valence-electron chi connectivity index (χ3n) is 3.24. The number of hydrogen-bond donors (Lipinski definition) is 1. The van der Waals surface area contributed by atoms with Crippen molar-refractivity contribution in [3.05, 3.63) is 15.6 Å². The standard InChI is InChI=1S/C14H24N2O2S/c1-3-6-15-9-13-12(10-17-2)16-14(19-13)8-11-5-4-7-18-11/h11,15H,3-10H2,1-2H3. The number of methoxy groups -OCH3 is 1. The Hall–Kier alpha value is -0.490. The van der Waals surface area contributed by atoms with E-state index in [0.29, 0.717) is 12.7 Å². The van der Waals surface area contributed by atoms with Gasteiger partial charge in [-0.3, -0.25) is 0 Å². The molecule has 0 amide bonds. The van der Waals surface area contributed by atoms with Crippen LogP contribution in [0.3, 0.4) is 0 Å². The van der Waals surface area contributed by atoms with Gasteiger partial charge in [0.25, 0.3) is 0 Å². The lowest BCUT2D eigenvalue weighted by atomic mass is 10.2. The third kappa shape index (κ3) is 4.53. The average molecular weight is 284 g/mol. The van der Waals surface area contributed by atoms with Crippen molar-refractivity contribution in [3.63, 3.8) is 0 Å². The first kappa shape index (κ1) is 14.9. The molecule has 2 heterocycles. The summed E-state index contributed by atoms with van der Waals surface area (Å²) in [4.78, 5) is 6.02. The van der Waals surface area contributed by atoms with E-state index in [2.05, 4.69) is 12.2 Å². The average Bonchev–Trinajstić information content (AvgIpc) is 3.02. The molecule has 0 saturated carbocycles. The summed E-state index contributed by atoms with van der Waals surface area (Å²) in [6.45, 7) is 5.64. The van der Waals surface area contributed by atoms with Crippen LogP contribution in [-0.4, -0.2) is 31.3 Å². The first-order chi connectivity index (χ1) is 9.33. The monoisotopic (exact) mass is 284 g/mol. The highest BCUT2D eigenvalue weighted by atomic mass is 32.1. The Kier molecular flexibility index (Phi) is 6.23. The zero-order chi connectivity index (χ0) is 13.5. The molecular weight excluding hydrogens is 260 g/mol. The maximum atomic E-state index is 5.68. The van der Waals surface area contributed by atoms with Crippen LogP contribution in [0.25, 0.3) is 0 Å². The number of nitrogens with zero attached hydrogens (tertiary/aromatic N) is 1. The van der Waals surface area contributed by atoms with Gasteiger partial charge in [0.15, 0.2) is 0 Å². The summed E-state index contributed by atoms with van der Waals surface area (Å²) in [6, 6.07) is 0. The van der Waals surface area contributed by atoms with Crippen LogP contribution >= 0.6 is 11.3 Å². The molecule has 1 atom stereocenters. The van der Waals surface area contributed by atoms with Crippen LogP contribution in [0.1, 0.15) is 41.8 Å². The van der Waals surface area contributed by atoms with Gasteiger partial charge in [0.2, 0.25) is 0 Å². The van der Waals surface area contributed by atoms with Crippen LogP contribution in [0, 0.1) is 0 Å². The number of hydrogen-bond acceptors (Lipinski definition) is 5. The zero-order valence-electron chi connectivity index (χ0n) is 11.9. The third-order valence-corrected chi connectivity index (χ3v) is 4.36. The minimum Gasteiger partial charge on any atom is -0.378 e. The van der Waals surface area contributed by atoms with Gasteiger partial charge in [-0.1, -0.05) is 6.92 Å². The summed E-state index contributed by atoms with van der Waals surface area (Å²) in [5.41, 5.74) is 1.09. The van der Waals surface area contributed by atoms with Crippen LogP contribution in [-0.2, 0) is 29.0 Å². The molecular formula is C14H24N2O2S. The first-order valence-corrected chi connectivity index (χ1v) is 7.93. The second kappa shape index (κ2) is 7.94. The number of thiazole rings is 1. The van der Waals surface area contributed by atoms with E-state index in [1.807, 2.05) is 0 Å². The SMILES string of the molecule is CCCNCc1sc(CC2CCCO2)nc1COC. The minimum absolute atomic E-state index is 0.373. The highest BCUT2D eigenvalue weighted by Gasteiger charge is 2.19. The van der Waals surface area contributed by atoms with E-state index < -0.39 is 0 Å². The van der Waals surface area contributed by atoms with Gasteiger partial charge in [-0.2, -0.15) is 0 Å².